The topological polar surface area (TPSA) is 32.9 Å². The maximum absolute atomic E-state index is 12.2. The summed E-state index contributed by atoms with van der Waals surface area (Å²) < 4.78 is 0. The van der Waals surface area contributed by atoms with Gasteiger partial charge in [0.1, 0.15) is 0 Å². The van der Waals surface area contributed by atoms with Crippen LogP contribution < -0.4 is 0 Å². The Hall–Kier alpha value is -2.35. The van der Waals surface area contributed by atoms with Gasteiger partial charge in [-0.2, -0.15) is 0 Å². The molecule has 0 fully saturated rings. The van der Waals surface area contributed by atoms with E-state index < -0.39 is 0 Å². The summed E-state index contributed by atoms with van der Waals surface area (Å²) in [7, 11) is 0. The number of ketones is 1. The standard InChI is InChI=1S/C15H13NO/c17-15(13-7-3-1-4-8-13)14-9-5-2-6-11-16-12-10-14/h1-12,16H. The van der Waals surface area contributed by atoms with Gasteiger partial charge in [0.2, 0.25) is 0 Å². The van der Waals surface area contributed by atoms with Gasteiger partial charge < -0.3 is 4.98 Å². The van der Waals surface area contributed by atoms with Crippen molar-refractivity contribution in [2.45, 2.75) is 0 Å². The van der Waals surface area contributed by atoms with Crippen LogP contribution in [0.1, 0.15) is 15.9 Å². The zero-order chi connectivity index (χ0) is 11.9. The van der Waals surface area contributed by atoms with E-state index in [-0.39, 0.29) is 5.78 Å². The first kappa shape index (κ1) is 11.1. The van der Waals surface area contributed by atoms with E-state index in [4.69, 9.17) is 0 Å². The van der Waals surface area contributed by atoms with Crippen LogP contribution in [0.5, 0.6) is 0 Å². The molecule has 2 heteroatoms. The van der Waals surface area contributed by atoms with Crippen molar-refractivity contribution in [3.63, 3.8) is 0 Å². The van der Waals surface area contributed by atoms with E-state index in [9.17, 15) is 4.79 Å². The van der Waals surface area contributed by atoms with Gasteiger partial charge in [-0.15, -0.1) is 0 Å². The molecule has 0 spiro atoms. The van der Waals surface area contributed by atoms with Gasteiger partial charge in [0.15, 0.2) is 5.78 Å². The van der Waals surface area contributed by atoms with Gasteiger partial charge >= 0.3 is 0 Å². The molecular formula is C15H13NO. The number of rotatable bonds is 2. The van der Waals surface area contributed by atoms with E-state index in [0.29, 0.717) is 11.1 Å². The van der Waals surface area contributed by atoms with Crippen LogP contribution in [0.2, 0.25) is 0 Å². The van der Waals surface area contributed by atoms with Crippen LogP contribution in [0, 0.1) is 0 Å². The van der Waals surface area contributed by atoms with Crippen LogP contribution in [-0.2, 0) is 0 Å². The fraction of sp³-hybridized carbons (Fsp3) is 0. The summed E-state index contributed by atoms with van der Waals surface area (Å²) in [5.74, 6) is 0.0233. The second kappa shape index (κ2) is 5.66. The fourth-order valence-corrected chi connectivity index (χ4v) is 1.49. The molecule has 1 aromatic heterocycles. The first-order chi connectivity index (χ1) is 8.38. The first-order valence-electron chi connectivity index (χ1n) is 5.44. The highest BCUT2D eigenvalue weighted by Crippen LogP contribution is 2.07. The molecule has 0 amide bonds. The van der Waals surface area contributed by atoms with Gasteiger partial charge in [-0.3, -0.25) is 4.79 Å². The summed E-state index contributed by atoms with van der Waals surface area (Å²) in [5, 5.41) is 0. The zero-order valence-corrected chi connectivity index (χ0v) is 9.34. The number of hydrogen-bond donors (Lipinski definition) is 1. The van der Waals surface area contributed by atoms with Crippen molar-refractivity contribution >= 4 is 5.78 Å². The maximum Gasteiger partial charge on any atom is 0.193 e. The van der Waals surface area contributed by atoms with Gasteiger partial charge in [-0.05, 0) is 12.1 Å². The fourth-order valence-electron chi connectivity index (χ4n) is 1.49. The Morgan fingerprint density at radius 1 is 0.706 bits per heavy atom. The molecule has 0 radical (unpaired) electrons. The van der Waals surface area contributed by atoms with E-state index >= 15 is 0 Å². The number of carbonyl (C=O) groups excluding carboxylic acids is 1. The largest absolute Gasteiger partial charge is 0.368 e. The van der Waals surface area contributed by atoms with Crippen molar-refractivity contribution in [1.29, 1.82) is 0 Å². The van der Waals surface area contributed by atoms with Gasteiger partial charge in [-0.1, -0.05) is 48.5 Å². The van der Waals surface area contributed by atoms with Crippen LogP contribution in [0.25, 0.3) is 0 Å². The monoisotopic (exact) mass is 223 g/mol. The molecule has 84 valence electrons. The quantitative estimate of drug-likeness (QED) is 0.778. The SMILES string of the molecule is O=C(c1ccccc1)c1ccccc[nH]cc1. The van der Waals surface area contributed by atoms with Crippen molar-refractivity contribution in [2.75, 3.05) is 0 Å². The lowest BCUT2D eigenvalue weighted by Crippen LogP contribution is -1.99. The Morgan fingerprint density at radius 2 is 1.29 bits per heavy atom. The first-order valence-corrected chi connectivity index (χ1v) is 5.44. The van der Waals surface area contributed by atoms with Gasteiger partial charge in [0, 0.05) is 23.5 Å². The third kappa shape index (κ3) is 3.05. The molecule has 0 bridgehead atoms. The van der Waals surface area contributed by atoms with Gasteiger partial charge in [0.25, 0.3) is 0 Å². The smallest absolute Gasteiger partial charge is 0.193 e. The lowest BCUT2D eigenvalue weighted by atomic mass is 10.1. The summed E-state index contributed by atoms with van der Waals surface area (Å²) in [6, 6.07) is 18.4. The van der Waals surface area contributed by atoms with E-state index in [2.05, 4.69) is 4.98 Å². The average Bonchev–Trinajstić information content (AvgIpc) is 2.52. The minimum atomic E-state index is 0.0233. The molecular weight excluding hydrogens is 210 g/mol. The number of hydrogen-bond acceptors (Lipinski definition) is 1. The highest BCUT2D eigenvalue weighted by atomic mass is 16.1. The summed E-state index contributed by atoms with van der Waals surface area (Å²) in [6.45, 7) is 0. The van der Waals surface area contributed by atoms with E-state index in [1.807, 2.05) is 54.6 Å². The van der Waals surface area contributed by atoms with Gasteiger partial charge in [0.05, 0.1) is 0 Å². The van der Waals surface area contributed by atoms with E-state index in [0.717, 1.165) is 0 Å². The second-order valence-corrected chi connectivity index (χ2v) is 3.56. The predicted octanol–water partition coefficient (Wildman–Crippen LogP) is 3.37. The summed E-state index contributed by atoms with van der Waals surface area (Å²) in [5.41, 5.74) is 1.35. The molecule has 0 aliphatic heterocycles. The lowest BCUT2D eigenvalue weighted by Gasteiger charge is -1.98. The molecule has 2 rings (SSSR count). The Labute approximate surface area is 100 Å². The Bertz CT molecular complexity index is 518. The van der Waals surface area contributed by atoms with Crippen molar-refractivity contribution < 1.29 is 4.79 Å². The number of H-pyrrole nitrogens is 1. The molecule has 0 saturated heterocycles. The molecule has 1 N–H and O–H groups in total. The summed E-state index contributed by atoms with van der Waals surface area (Å²) in [4.78, 5) is 15.1. The number of carbonyl (C=O) groups is 1. The Balaban J connectivity index is 2.42. The highest BCUT2D eigenvalue weighted by Gasteiger charge is 2.05. The predicted molar refractivity (Wildman–Crippen MR) is 68.3 cm³/mol. The highest BCUT2D eigenvalue weighted by molar-refractivity contribution is 6.08. The molecule has 0 atom stereocenters. The van der Waals surface area contributed by atoms with Crippen molar-refractivity contribution in [1.82, 2.24) is 4.98 Å². The average molecular weight is 223 g/mol. The molecule has 0 saturated carbocycles. The summed E-state index contributed by atoms with van der Waals surface area (Å²) in [6.07, 6.45) is 3.55. The minimum Gasteiger partial charge on any atom is -0.368 e. The van der Waals surface area contributed by atoms with Crippen molar-refractivity contribution in [3.8, 4) is 0 Å². The van der Waals surface area contributed by atoms with Crippen LogP contribution in [0.3, 0.4) is 0 Å². The van der Waals surface area contributed by atoms with Crippen LogP contribution in [-0.4, -0.2) is 10.8 Å². The van der Waals surface area contributed by atoms with Crippen molar-refractivity contribution in [2.24, 2.45) is 0 Å². The van der Waals surface area contributed by atoms with Crippen molar-refractivity contribution in [3.05, 3.63) is 84.2 Å². The van der Waals surface area contributed by atoms with Gasteiger partial charge in [-0.25, -0.2) is 0 Å². The third-order valence-corrected chi connectivity index (χ3v) is 2.35. The molecule has 1 aromatic carbocycles. The van der Waals surface area contributed by atoms with Crippen LogP contribution >= 0.6 is 0 Å². The number of aromatic nitrogens is 1. The Kier molecular flexibility index (Phi) is 3.71. The molecule has 0 unspecified atom stereocenters. The zero-order valence-electron chi connectivity index (χ0n) is 9.34. The normalized spacial score (nSPS) is 9.41. The van der Waals surface area contributed by atoms with Crippen LogP contribution in [0.4, 0.5) is 0 Å². The molecule has 17 heavy (non-hydrogen) atoms. The maximum atomic E-state index is 12.2. The number of aromatic amines is 1. The molecule has 2 nitrogen and oxygen atoms in total. The van der Waals surface area contributed by atoms with Crippen LogP contribution in [0.15, 0.2) is 73.1 Å². The molecule has 0 aliphatic carbocycles. The Morgan fingerprint density at radius 3 is 2.00 bits per heavy atom. The third-order valence-electron chi connectivity index (χ3n) is 2.35. The molecule has 1 heterocycles. The molecule has 0 aliphatic rings. The molecule has 2 aromatic rings. The minimum absolute atomic E-state index is 0.0233. The lowest BCUT2D eigenvalue weighted by molar-refractivity contribution is 0.103. The number of nitrogens with one attached hydrogen (secondary N) is 1. The summed E-state index contributed by atoms with van der Waals surface area (Å²) >= 11 is 0. The van der Waals surface area contributed by atoms with E-state index in [1.165, 1.54) is 0 Å². The number of benzene rings is 1. The van der Waals surface area contributed by atoms with E-state index in [1.54, 1.807) is 18.5 Å². The second-order valence-electron chi connectivity index (χ2n) is 3.56.